The Balaban J connectivity index is 1.60. The Labute approximate surface area is 109 Å². The zero-order chi connectivity index (χ0) is 12.2. The predicted octanol–water partition coefficient (Wildman–Crippen LogP) is 2.06. The van der Waals surface area contributed by atoms with Crippen LogP contribution in [0.5, 0.6) is 0 Å². The van der Waals surface area contributed by atoms with E-state index in [-0.39, 0.29) is 0 Å². The Morgan fingerprint density at radius 3 is 2.11 bits per heavy atom. The van der Waals surface area contributed by atoms with E-state index in [4.69, 9.17) is 0 Å². The summed E-state index contributed by atoms with van der Waals surface area (Å²) in [5.74, 6) is 0.917. The van der Waals surface area contributed by atoms with Crippen molar-refractivity contribution in [2.24, 2.45) is 0 Å². The summed E-state index contributed by atoms with van der Waals surface area (Å²) in [6.07, 6.45) is 10.6. The van der Waals surface area contributed by atoms with Gasteiger partial charge in [0.05, 0.1) is 0 Å². The highest BCUT2D eigenvalue weighted by Crippen LogP contribution is 2.16. The molecule has 2 aliphatic rings. The van der Waals surface area contributed by atoms with Crippen molar-refractivity contribution >= 4 is 5.95 Å². The molecule has 0 amide bonds. The molecule has 0 aromatic carbocycles. The molecule has 0 saturated carbocycles. The van der Waals surface area contributed by atoms with Gasteiger partial charge in [0.25, 0.3) is 0 Å². The Morgan fingerprint density at radius 2 is 1.44 bits per heavy atom. The Hall–Kier alpha value is -1.16. The van der Waals surface area contributed by atoms with Crippen LogP contribution in [0.1, 0.15) is 37.7 Å². The van der Waals surface area contributed by atoms with Crippen LogP contribution in [0.25, 0.3) is 0 Å². The van der Waals surface area contributed by atoms with E-state index in [0.29, 0.717) is 0 Å². The van der Waals surface area contributed by atoms with E-state index in [2.05, 4.69) is 19.8 Å². The second kappa shape index (κ2) is 5.65. The molecule has 98 valence electrons. The average molecular weight is 246 g/mol. The van der Waals surface area contributed by atoms with Gasteiger partial charge in [-0.2, -0.15) is 0 Å². The lowest BCUT2D eigenvalue weighted by Crippen LogP contribution is -2.31. The quantitative estimate of drug-likeness (QED) is 0.817. The standard InChI is InChI=1S/C14H22N4/c1-2-8-18(9-3-1)14-15-10-13(11-16-14)12-17-6-4-5-7-17/h10-11H,1-9,12H2. The molecule has 2 aliphatic heterocycles. The first-order valence-corrected chi connectivity index (χ1v) is 7.20. The van der Waals surface area contributed by atoms with Gasteiger partial charge in [-0.3, -0.25) is 4.90 Å². The molecule has 2 fully saturated rings. The SMILES string of the molecule is c1nc(N2CCCCC2)ncc1CN1CCCC1. The molecule has 2 saturated heterocycles. The minimum absolute atomic E-state index is 0.917. The Kier molecular flexibility index (Phi) is 3.74. The zero-order valence-corrected chi connectivity index (χ0v) is 11.0. The van der Waals surface area contributed by atoms with Gasteiger partial charge in [0.1, 0.15) is 0 Å². The molecule has 4 nitrogen and oxygen atoms in total. The number of hydrogen-bond acceptors (Lipinski definition) is 4. The highest BCUT2D eigenvalue weighted by molar-refractivity contribution is 5.30. The fraction of sp³-hybridized carbons (Fsp3) is 0.714. The van der Waals surface area contributed by atoms with Gasteiger partial charge in [-0.15, -0.1) is 0 Å². The predicted molar refractivity (Wildman–Crippen MR) is 72.6 cm³/mol. The van der Waals surface area contributed by atoms with Gasteiger partial charge in [0.2, 0.25) is 5.95 Å². The third kappa shape index (κ3) is 2.80. The van der Waals surface area contributed by atoms with Crippen molar-refractivity contribution in [3.8, 4) is 0 Å². The van der Waals surface area contributed by atoms with E-state index in [9.17, 15) is 0 Å². The molecule has 1 aromatic rings. The van der Waals surface area contributed by atoms with E-state index in [1.54, 1.807) is 0 Å². The van der Waals surface area contributed by atoms with Crippen molar-refractivity contribution in [1.82, 2.24) is 14.9 Å². The summed E-state index contributed by atoms with van der Waals surface area (Å²) >= 11 is 0. The summed E-state index contributed by atoms with van der Waals surface area (Å²) in [6.45, 7) is 5.71. The highest BCUT2D eigenvalue weighted by atomic mass is 15.2. The summed E-state index contributed by atoms with van der Waals surface area (Å²) in [7, 11) is 0. The highest BCUT2D eigenvalue weighted by Gasteiger charge is 2.14. The van der Waals surface area contributed by atoms with Crippen LogP contribution in [0.15, 0.2) is 12.4 Å². The zero-order valence-electron chi connectivity index (χ0n) is 11.0. The molecular weight excluding hydrogens is 224 g/mol. The minimum Gasteiger partial charge on any atom is -0.341 e. The largest absolute Gasteiger partial charge is 0.341 e. The molecule has 3 rings (SSSR count). The fourth-order valence-corrected chi connectivity index (χ4v) is 2.89. The Morgan fingerprint density at radius 1 is 0.833 bits per heavy atom. The molecule has 3 heterocycles. The third-order valence-corrected chi connectivity index (χ3v) is 3.94. The van der Waals surface area contributed by atoms with Crippen molar-refractivity contribution in [3.05, 3.63) is 18.0 Å². The first-order chi connectivity index (χ1) is 8.92. The van der Waals surface area contributed by atoms with E-state index < -0.39 is 0 Å². The third-order valence-electron chi connectivity index (χ3n) is 3.94. The number of aromatic nitrogens is 2. The van der Waals surface area contributed by atoms with Gasteiger partial charge < -0.3 is 4.90 Å². The van der Waals surface area contributed by atoms with Crippen LogP contribution in [0.4, 0.5) is 5.95 Å². The van der Waals surface area contributed by atoms with Crippen LogP contribution >= 0.6 is 0 Å². The van der Waals surface area contributed by atoms with Gasteiger partial charge in [-0.05, 0) is 45.2 Å². The summed E-state index contributed by atoms with van der Waals surface area (Å²) in [5, 5.41) is 0. The number of anilines is 1. The number of piperidine rings is 1. The summed E-state index contributed by atoms with van der Waals surface area (Å²) in [4.78, 5) is 13.9. The molecule has 0 bridgehead atoms. The van der Waals surface area contributed by atoms with Gasteiger partial charge in [0, 0.05) is 37.6 Å². The van der Waals surface area contributed by atoms with E-state index in [1.807, 2.05) is 12.4 Å². The van der Waals surface area contributed by atoms with Crippen molar-refractivity contribution in [2.75, 3.05) is 31.1 Å². The summed E-state index contributed by atoms with van der Waals surface area (Å²) < 4.78 is 0. The van der Waals surface area contributed by atoms with E-state index in [1.165, 1.54) is 50.8 Å². The number of nitrogens with zero attached hydrogens (tertiary/aromatic N) is 4. The first-order valence-electron chi connectivity index (χ1n) is 7.20. The van der Waals surface area contributed by atoms with E-state index in [0.717, 1.165) is 25.6 Å². The lowest BCUT2D eigenvalue weighted by atomic mass is 10.1. The maximum atomic E-state index is 4.53. The summed E-state index contributed by atoms with van der Waals surface area (Å²) in [6, 6.07) is 0. The fourth-order valence-electron chi connectivity index (χ4n) is 2.89. The molecule has 4 heteroatoms. The molecule has 0 N–H and O–H groups in total. The molecular formula is C14H22N4. The van der Waals surface area contributed by atoms with Crippen LogP contribution in [-0.2, 0) is 6.54 Å². The smallest absolute Gasteiger partial charge is 0.225 e. The number of hydrogen-bond donors (Lipinski definition) is 0. The van der Waals surface area contributed by atoms with Gasteiger partial charge >= 0.3 is 0 Å². The lowest BCUT2D eigenvalue weighted by Gasteiger charge is -2.26. The molecule has 1 aromatic heterocycles. The monoisotopic (exact) mass is 246 g/mol. The van der Waals surface area contributed by atoms with Crippen molar-refractivity contribution in [1.29, 1.82) is 0 Å². The second-order valence-corrected chi connectivity index (χ2v) is 5.42. The first kappa shape index (κ1) is 11.9. The molecule has 0 spiro atoms. The molecule has 0 unspecified atom stereocenters. The van der Waals surface area contributed by atoms with Gasteiger partial charge in [-0.25, -0.2) is 9.97 Å². The van der Waals surface area contributed by atoms with Crippen molar-refractivity contribution in [2.45, 2.75) is 38.6 Å². The molecule has 0 radical (unpaired) electrons. The van der Waals surface area contributed by atoms with Crippen molar-refractivity contribution in [3.63, 3.8) is 0 Å². The molecule has 0 atom stereocenters. The maximum absolute atomic E-state index is 4.53. The van der Waals surface area contributed by atoms with E-state index >= 15 is 0 Å². The average Bonchev–Trinajstić information content (AvgIpc) is 2.94. The maximum Gasteiger partial charge on any atom is 0.225 e. The van der Waals surface area contributed by atoms with Crippen LogP contribution in [0.2, 0.25) is 0 Å². The van der Waals surface area contributed by atoms with Crippen LogP contribution in [0.3, 0.4) is 0 Å². The van der Waals surface area contributed by atoms with Gasteiger partial charge in [0.15, 0.2) is 0 Å². The molecule has 18 heavy (non-hydrogen) atoms. The minimum atomic E-state index is 0.917. The second-order valence-electron chi connectivity index (χ2n) is 5.42. The van der Waals surface area contributed by atoms with Crippen molar-refractivity contribution < 1.29 is 0 Å². The molecule has 0 aliphatic carbocycles. The normalized spacial score (nSPS) is 21.4. The lowest BCUT2D eigenvalue weighted by molar-refractivity contribution is 0.330. The Bertz CT molecular complexity index is 364. The number of likely N-dealkylation sites (tertiary alicyclic amines) is 1. The van der Waals surface area contributed by atoms with Crippen LogP contribution < -0.4 is 4.90 Å². The van der Waals surface area contributed by atoms with Crippen LogP contribution in [-0.4, -0.2) is 41.0 Å². The van der Waals surface area contributed by atoms with Crippen LogP contribution in [0, 0.1) is 0 Å². The summed E-state index contributed by atoms with van der Waals surface area (Å²) in [5.41, 5.74) is 1.25. The number of rotatable bonds is 3. The topological polar surface area (TPSA) is 32.3 Å². The van der Waals surface area contributed by atoms with Gasteiger partial charge in [-0.1, -0.05) is 0 Å².